The molecule has 0 bridgehead atoms. The van der Waals surface area contributed by atoms with E-state index in [0.717, 1.165) is 5.39 Å². The van der Waals surface area contributed by atoms with Crippen molar-refractivity contribution in [3.63, 3.8) is 0 Å². The molecule has 6 heteroatoms. The monoisotopic (exact) mass is 298 g/mol. The van der Waals surface area contributed by atoms with Crippen LogP contribution >= 0.6 is 0 Å². The van der Waals surface area contributed by atoms with Gasteiger partial charge in [-0.25, -0.2) is 9.37 Å². The van der Waals surface area contributed by atoms with Crippen LogP contribution in [0, 0.1) is 12.7 Å². The van der Waals surface area contributed by atoms with Crippen LogP contribution in [0.1, 0.15) is 12.6 Å². The summed E-state index contributed by atoms with van der Waals surface area (Å²) < 4.78 is 15.0. The number of hydrogen-bond donors (Lipinski definition) is 1. The molecule has 0 aliphatic rings. The molecule has 0 amide bonds. The van der Waals surface area contributed by atoms with Gasteiger partial charge in [0.15, 0.2) is 0 Å². The number of nitrogens with two attached hydrogens (primary N) is 1. The van der Waals surface area contributed by atoms with Gasteiger partial charge in [0.05, 0.1) is 5.69 Å². The van der Waals surface area contributed by atoms with Gasteiger partial charge in [-0.05, 0) is 37.6 Å². The second kappa shape index (κ2) is 5.22. The summed E-state index contributed by atoms with van der Waals surface area (Å²) in [5, 5.41) is 0.731. The second-order valence-corrected chi connectivity index (χ2v) is 5.02. The van der Waals surface area contributed by atoms with Crippen molar-refractivity contribution in [3.8, 4) is 11.1 Å². The second-order valence-electron chi connectivity index (χ2n) is 5.02. The van der Waals surface area contributed by atoms with Crippen LogP contribution in [0.4, 0.5) is 10.3 Å². The Labute approximate surface area is 126 Å². The molecule has 0 unspecified atom stereocenters. The van der Waals surface area contributed by atoms with E-state index in [1.807, 2.05) is 6.92 Å². The number of rotatable bonds is 2. The first kappa shape index (κ1) is 14.2. The molecule has 0 fully saturated rings. The van der Waals surface area contributed by atoms with Crippen molar-refractivity contribution < 1.29 is 4.39 Å². The lowest BCUT2D eigenvalue weighted by atomic mass is 10.1. The van der Waals surface area contributed by atoms with E-state index in [2.05, 4.69) is 9.97 Å². The topological polar surface area (TPSA) is 73.8 Å². The number of nitrogen functional groups attached to an aromatic ring is 1. The predicted molar refractivity (Wildman–Crippen MR) is 84.0 cm³/mol. The first-order valence-electron chi connectivity index (χ1n) is 6.95. The molecule has 5 nitrogen and oxygen atoms in total. The van der Waals surface area contributed by atoms with Crippen molar-refractivity contribution >= 4 is 17.0 Å². The summed E-state index contributed by atoms with van der Waals surface area (Å²) in [7, 11) is 0. The Morgan fingerprint density at radius 3 is 2.73 bits per heavy atom. The molecule has 2 heterocycles. The third kappa shape index (κ3) is 2.22. The number of anilines is 1. The highest BCUT2D eigenvalue weighted by Gasteiger charge is 2.14. The van der Waals surface area contributed by atoms with Crippen LogP contribution in [0.2, 0.25) is 0 Å². The molecule has 1 aromatic carbocycles. The molecule has 22 heavy (non-hydrogen) atoms. The molecule has 2 N–H and O–H groups in total. The fourth-order valence-electron chi connectivity index (χ4n) is 2.57. The molecule has 112 valence electrons. The van der Waals surface area contributed by atoms with E-state index in [1.54, 1.807) is 25.1 Å². The van der Waals surface area contributed by atoms with E-state index >= 15 is 0 Å². The van der Waals surface area contributed by atoms with Gasteiger partial charge >= 0.3 is 0 Å². The lowest BCUT2D eigenvalue weighted by Crippen LogP contribution is -2.23. The highest BCUT2D eigenvalue weighted by atomic mass is 19.1. The van der Waals surface area contributed by atoms with Crippen LogP contribution < -0.4 is 11.3 Å². The van der Waals surface area contributed by atoms with Gasteiger partial charge in [0.25, 0.3) is 5.56 Å². The minimum atomic E-state index is -0.384. The number of benzene rings is 1. The largest absolute Gasteiger partial charge is 0.368 e. The molecule has 0 radical (unpaired) electrons. The summed E-state index contributed by atoms with van der Waals surface area (Å²) >= 11 is 0. The first-order valence-corrected chi connectivity index (χ1v) is 6.95. The zero-order chi connectivity index (χ0) is 15.9. The van der Waals surface area contributed by atoms with Gasteiger partial charge in [0.2, 0.25) is 5.95 Å². The van der Waals surface area contributed by atoms with Crippen LogP contribution in [0.3, 0.4) is 0 Å². The first-order chi connectivity index (χ1) is 10.5. The van der Waals surface area contributed by atoms with Gasteiger partial charge in [-0.2, -0.15) is 4.98 Å². The lowest BCUT2D eigenvalue weighted by Gasteiger charge is -2.12. The summed E-state index contributed by atoms with van der Waals surface area (Å²) in [4.78, 5) is 21.0. The zero-order valence-corrected chi connectivity index (χ0v) is 12.3. The van der Waals surface area contributed by atoms with Crippen LogP contribution in [-0.4, -0.2) is 14.5 Å². The van der Waals surface area contributed by atoms with Crippen molar-refractivity contribution in [2.24, 2.45) is 0 Å². The van der Waals surface area contributed by atoms with E-state index in [0.29, 0.717) is 29.0 Å². The summed E-state index contributed by atoms with van der Waals surface area (Å²) in [6.45, 7) is 4.10. The third-order valence-corrected chi connectivity index (χ3v) is 3.61. The minimum absolute atomic E-state index is 0.130. The van der Waals surface area contributed by atoms with Crippen molar-refractivity contribution in [2.75, 3.05) is 5.73 Å². The fraction of sp³-hybridized carbons (Fsp3) is 0.188. The molecule has 0 spiro atoms. The van der Waals surface area contributed by atoms with Gasteiger partial charge in [-0.1, -0.05) is 12.1 Å². The molecule has 3 rings (SSSR count). The maximum Gasteiger partial charge on any atom is 0.260 e. The Bertz CT molecular complexity index is 933. The van der Waals surface area contributed by atoms with Crippen molar-refractivity contribution in [3.05, 3.63) is 52.2 Å². The molecule has 0 aliphatic heterocycles. The Hall–Kier alpha value is -2.76. The molecule has 0 saturated carbocycles. The van der Waals surface area contributed by atoms with Crippen molar-refractivity contribution in [2.45, 2.75) is 20.4 Å². The van der Waals surface area contributed by atoms with Crippen LogP contribution in [-0.2, 0) is 6.54 Å². The average Bonchev–Trinajstić information content (AvgIpc) is 2.46. The zero-order valence-electron chi connectivity index (χ0n) is 12.3. The Kier molecular flexibility index (Phi) is 3.36. The highest BCUT2D eigenvalue weighted by Crippen LogP contribution is 2.23. The van der Waals surface area contributed by atoms with E-state index < -0.39 is 0 Å². The standard InChI is InChI=1S/C16H15FN4O/c1-3-21-14-12(9(2)19-16(18)20-14)8-13(15(21)22)10-5-4-6-11(17)7-10/h4-8H,3H2,1-2H3,(H2,18,19,20). The Balaban J connectivity index is 2.43. The molecule has 0 atom stereocenters. The molecule has 3 aromatic rings. The van der Waals surface area contributed by atoms with Crippen LogP contribution in [0.15, 0.2) is 35.1 Å². The molecule has 0 saturated heterocycles. The third-order valence-electron chi connectivity index (χ3n) is 3.61. The number of fused-ring (bicyclic) bond motifs is 1. The van der Waals surface area contributed by atoms with Crippen LogP contribution in [0.25, 0.3) is 22.2 Å². The van der Waals surface area contributed by atoms with Crippen molar-refractivity contribution in [1.29, 1.82) is 0 Å². The summed E-state index contributed by atoms with van der Waals surface area (Å²) in [5.74, 6) is -0.254. The molecular weight excluding hydrogens is 283 g/mol. The van der Waals surface area contributed by atoms with Gasteiger partial charge in [0.1, 0.15) is 11.5 Å². The number of aryl methyl sites for hydroxylation is 2. The average molecular weight is 298 g/mol. The lowest BCUT2D eigenvalue weighted by molar-refractivity contribution is 0.628. The smallest absolute Gasteiger partial charge is 0.260 e. The number of hydrogen-bond acceptors (Lipinski definition) is 4. The van der Waals surface area contributed by atoms with E-state index in [4.69, 9.17) is 5.73 Å². The van der Waals surface area contributed by atoms with Gasteiger partial charge in [0, 0.05) is 17.5 Å². The number of nitrogens with zero attached hydrogens (tertiary/aromatic N) is 3. The number of aromatic nitrogens is 3. The van der Waals surface area contributed by atoms with E-state index in [-0.39, 0.29) is 17.3 Å². The van der Waals surface area contributed by atoms with Crippen molar-refractivity contribution in [1.82, 2.24) is 14.5 Å². The van der Waals surface area contributed by atoms with Crippen LogP contribution in [0.5, 0.6) is 0 Å². The molecular formula is C16H15FN4O. The summed E-state index contributed by atoms with van der Waals surface area (Å²) in [6, 6.07) is 7.68. The number of pyridine rings is 1. The SMILES string of the molecule is CCn1c(=O)c(-c2cccc(F)c2)cc2c(C)nc(N)nc21. The maximum absolute atomic E-state index is 13.5. The fourth-order valence-corrected chi connectivity index (χ4v) is 2.57. The quantitative estimate of drug-likeness (QED) is 0.789. The number of halogens is 1. The van der Waals surface area contributed by atoms with E-state index in [1.165, 1.54) is 16.7 Å². The van der Waals surface area contributed by atoms with Gasteiger partial charge in [-0.15, -0.1) is 0 Å². The maximum atomic E-state index is 13.5. The minimum Gasteiger partial charge on any atom is -0.368 e. The Morgan fingerprint density at radius 2 is 2.05 bits per heavy atom. The summed E-state index contributed by atoms with van der Waals surface area (Å²) in [6.07, 6.45) is 0. The van der Waals surface area contributed by atoms with E-state index in [9.17, 15) is 9.18 Å². The summed E-state index contributed by atoms with van der Waals surface area (Å²) in [5.41, 5.74) is 7.59. The van der Waals surface area contributed by atoms with Gasteiger partial charge < -0.3 is 5.73 Å². The molecule has 2 aromatic heterocycles. The highest BCUT2D eigenvalue weighted by molar-refractivity contribution is 5.84. The molecule has 0 aliphatic carbocycles. The predicted octanol–water partition coefficient (Wildman–Crippen LogP) is 2.51. The van der Waals surface area contributed by atoms with Gasteiger partial charge in [-0.3, -0.25) is 9.36 Å². The normalized spacial score (nSPS) is 11.0. The Morgan fingerprint density at radius 1 is 1.27 bits per heavy atom.